The molecule has 0 atom stereocenters. The maximum absolute atomic E-state index is 12.5. The molecule has 0 amide bonds. The van der Waals surface area contributed by atoms with Gasteiger partial charge in [0.15, 0.2) is 0 Å². The summed E-state index contributed by atoms with van der Waals surface area (Å²) in [6.45, 7) is 0. The second-order valence-electron chi connectivity index (χ2n) is 6.27. The van der Waals surface area contributed by atoms with Gasteiger partial charge in [-0.15, -0.1) is 0 Å². The van der Waals surface area contributed by atoms with Gasteiger partial charge >= 0.3 is 5.97 Å². The Balaban J connectivity index is 2.17. The number of benzene rings is 1. The summed E-state index contributed by atoms with van der Waals surface area (Å²) in [7, 11) is -4.88. The van der Waals surface area contributed by atoms with Gasteiger partial charge in [0, 0.05) is 20.1 Å². The lowest BCUT2D eigenvalue weighted by molar-refractivity contribution is -0.142. The summed E-state index contributed by atoms with van der Waals surface area (Å²) < 4.78 is 52.9. The molecular formula is C15H22N2O6S2. The zero-order valence-electron chi connectivity index (χ0n) is 14.0. The molecule has 0 heterocycles. The van der Waals surface area contributed by atoms with Crippen LogP contribution in [0, 0.1) is 5.92 Å². The van der Waals surface area contributed by atoms with Gasteiger partial charge in [-0.1, -0.05) is 6.07 Å². The number of carboxylic acid groups (broad SMARTS) is 1. The predicted molar refractivity (Wildman–Crippen MR) is 91.0 cm³/mol. The zero-order valence-corrected chi connectivity index (χ0v) is 15.7. The second kappa shape index (κ2) is 7.40. The molecule has 0 bridgehead atoms. The molecule has 140 valence electrons. The van der Waals surface area contributed by atoms with Crippen LogP contribution in [0.2, 0.25) is 0 Å². The van der Waals surface area contributed by atoms with Gasteiger partial charge in [-0.25, -0.2) is 25.9 Å². The Morgan fingerprint density at radius 1 is 1.08 bits per heavy atom. The van der Waals surface area contributed by atoms with Crippen molar-refractivity contribution >= 4 is 26.0 Å². The third-order valence-corrected chi connectivity index (χ3v) is 7.62. The fourth-order valence-electron chi connectivity index (χ4n) is 2.76. The molecule has 0 spiro atoms. The van der Waals surface area contributed by atoms with Crippen molar-refractivity contribution in [2.24, 2.45) is 5.92 Å². The number of carbonyl (C=O) groups is 1. The van der Waals surface area contributed by atoms with E-state index in [9.17, 15) is 21.6 Å². The molecule has 1 saturated carbocycles. The summed E-state index contributed by atoms with van der Waals surface area (Å²) in [4.78, 5) is 10.7. The number of carboxylic acids is 1. The Labute approximate surface area is 147 Å². The molecule has 0 unspecified atom stereocenters. The van der Waals surface area contributed by atoms with Crippen LogP contribution in [-0.2, 0) is 24.8 Å². The van der Waals surface area contributed by atoms with Crippen molar-refractivity contribution in [3.05, 3.63) is 24.3 Å². The van der Waals surface area contributed by atoms with Gasteiger partial charge in [0.25, 0.3) is 0 Å². The van der Waals surface area contributed by atoms with Crippen LogP contribution in [0.5, 0.6) is 0 Å². The molecule has 0 aliphatic heterocycles. The molecule has 2 N–H and O–H groups in total. The number of hydrogen-bond acceptors (Lipinski definition) is 5. The first-order chi connectivity index (χ1) is 11.5. The SMILES string of the molecule is CN(C)S(=O)(=O)c1cccc(S(=O)(=O)NC2CCC(C(=O)O)CC2)c1. The number of nitrogens with zero attached hydrogens (tertiary/aromatic N) is 1. The summed E-state index contributed by atoms with van der Waals surface area (Å²) in [6.07, 6.45) is 1.70. The van der Waals surface area contributed by atoms with Crippen LogP contribution in [-0.4, -0.2) is 52.4 Å². The Morgan fingerprint density at radius 3 is 2.16 bits per heavy atom. The Hall–Kier alpha value is -1.49. The van der Waals surface area contributed by atoms with Gasteiger partial charge in [0.1, 0.15) is 0 Å². The molecule has 1 aromatic rings. The normalized spacial score (nSPS) is 22.0. The lowest BCUT2D eigenvalue weighted by atomic mass is 9.87. The molecule has 1 aliphatic carbocycles. The highest BCUT2D eigenvalue weighted by Gasteiger charge is 2.29. The lowest BCUT2D eigenvalue weighted by Crippen LogP contribution is -2.38. The minimum atomic E-state index is -3.89. The average molecular weight is 390 g/mol. The second-order valence-corrected chi connectivity index (χ2v) is 10.1. The van der Waals surface area contributed by atoms with Gasteiger partial charge in [0.2, 0.25) is 20.0 Å². The van der Waals surface area contributed by atoms with Crippen molar-refractivity contribution in [3.63, 3.8) is 0 Å². The molecule has 8 nitrogen and oxygen atoms in total. The zero-order chi connectivity index (χ0) is 18.8. The number of rotatable bonds is 6. The van der Waals surface area contributed by atoms with Crippen LogP contribution in [0.4, 0.5) is 0 Å². The molecular weight excluding hydrogens is 368 g/mol. The predicted octanol–water partition coefficient (Wildman–Crippen LogP) is 0.859. The summed E-state index contributed by atoms with van der Waals surface area (Å²) in [5.74, 6) is -1.29. The number of sulfonamides is 2. The monoisotopic (exact) mass is 390 g/mol. The maximum atomic E-state index is 12.5. The highest BCUT2D eigenvalue weighted by Crippen LogP contribution is 2.26. The highest BCUT2D eigenvalue weighted by atomic mass is 32.2. The van der Waals surface area contributed by atoms with Gasteiger partial charge in [-0.3, -0.25) is 4.79 Å². The van der Waals surface area contributed by atoms with Gasteiger partial charge in [-0.2, -0.15) is 0 Å². The summed E-state index contributed by atoms with van der Waals surface area (Å²) in [5.41, 5.74) is 0. The van der Waals surface area contributed by atoms with E-state index >= 15 is 0 Å². The Morgan fingerprint density at radius 2 is 1.64 bits per heavy atom. The largest absolute Gasteiger partial charge is 0.481 e. The standard InChI is InChI=1S/C15H22N2O6S2/c1-17(2)25(22,23)14-5-3-4-13(10-14)24(20,21)16-12-8-6-11(7-9-12)15(18)19/h3-5,10-12,16H,6-9H2,1-2H3,(H,18,19). The lowest BCUT2D eigenvalue weighted by Gasteiger charge is -2.26. The summed E-state index contributed by atoms with van der Waals surface area (Å²) in [6, 6.07) is 4.83. The van der Waals surface area contributed by atoms with Crippen molar-refractivity contribution in [2.45, 2.75) is 41.5 Å². The van der Waals surface area contributed by atoms with Gasteiger partial charge in [0.05, 0.1) is 15.7 Å². The topological polar surface area (TPSA) is 121 Å². The number of aliphatic carboxylic acids is 1. The Bertz CT molecular complexity index is 841. The third kappa shape index (κ3) is 4.57. The minimum absolute atomic E-state index is 0.102. The van der Waals surface area contributed by atoms with Crippen LogP contribution in [0.3, 0.4) is 0 Å². The maximum Gasteiger partial charge on any atom is 0.306 e. The first-order valence-corrected chi connectivity index (χ1v) is 10.7. The minimum Gasteiger partial charge on any atom is -0.481 e. The quantitative estimate of drug-likeness (QED) is 0.743. The first kappa shape index (κ1) is 19.8. The van der Waals surface area contributed by atoms with E-state index in [0.29, 0.717) is 25.7 Å². The van der Waals surface area contributed by atoms with E-state index in [1.54, 1.807) is 0 Å². The molecule has 1 fully saturated rings. The smallest absolute Gasteiger partial charge is 0.306 e. The molecule has 0 radical (unpaired) electrons. The fraction of sp³-hybridized carbons (Fsp3) is 0.533. The summed E-state index contributed by atoms with van der Waals surface area (Å²) in [5, 5.41) is 8.99. The van der Waals surface area contributed by atoms with Crippen molar-refractivity contribution in [3.8, 4) is 0 Å². The van der Waals surface area contributed by atoms with Crippen LogP contribution in [0.1, 0.15) is 25.7 Å². The number of hydrogen-bond donors (Lipinski definition) is 2. The average Bonchev–Trinajstić information content (AvgIpc) is 2.55. The van der Waals surface area contributed by atoms with Gasteiger partial charge < -0.3 is 5.11 Å². The first-order valence-electron chi connectivity index (χ1n) is 7.82. The summed E-state index contributed by atoms with van der Waals surface area (Å²) >= 11 is 0. The fourth-order valence-corrected chi connectivity index (χ4v) is 5.13. The van der Waals surface area contributed by atoms with Crippen LogP contribution >= 0.6 is 0 Å². The van der Waals surface area contributed by atoms with Crippen molar-refractivity contribution < 1.29 is 26.7 Å². The van der Waals surface area contributed by atoms with Crippen LogP contribution in [0.15, 0.2) is 34.1 Å². The van der Waals surface area contributed by atoms with Crippen molar-refractivity contribution in [1.82, 2.24) is 9.03 Å². The van der Waals surface area contributed by atoms with E-state index in [-0.39, 0.29) is 15.8 Å². The van der Waals surface area contributed by atoms with Crippen molar-refractivity contribution in [1.29, 1.82) is 0 Å². The molecule has 1 aliphatic rings. The van der Waals surface area contributed by atoms with E-state index in [2.05, 4.69) is 4.72 Å². The van der Waals surface area contributed by atoms with Crippen LogP contribution < -0.4 is 4.72 Å². The molecule has 1 aromatic carbocycles. The third-order valence-electron chi connectivity index (χ3n) is 4.29. The van der Waals surface area contributed by atoms with E-state index in [1.165, 1.54) is 32.3 Å². The van der Waals surface area contributed by atoms with E-state index in [1.807, 2.05) is 0 Å². The van der Waals surface area contributed by atoms with E-state index < -0.39 is 31.9 Å². The molecule has 25 heavy (non-hydrogen) atoms. The van der Waals surface area contributed by atoms with Gasteiger partial charge in [-0.05, 0) is 43.9 Å². The van der Waals surface area contributed by atoms with Crippen LogP contribution in [0.25, 0.3) is 0 Å². The van der Waals surface area contributed by atoms with Crippen molar-refractivity contribution in [2.75, 3.05) is 14.1 Å². The number of nitrogens with one attached hydrogen (secondary N) is 1. The molecule has 0 saturated heterocycles. The van der Waals surface area contributed by atoms with E-state index in [4.69, 9.17) is 5.11 Å². The Kier molecular flexibility index (Phi) is 5.87. The molecule has 0 aromatic heterocycles. The molecule has 10 heteroatoms. The highest BCUT2D eigenvalue weighted by molar-refractivity contribution is 7.90. The molecule has 2 rings (SSSR count). The van der Waals surface area contributed by atoms with E-state index in [0.717, 1.165) is 10.4 Å².